The number of hydrogen-bond donors (Lipinski definition) is 2. The van der Waals surface area contributed by atoms with Crippen LogP contribution < -0.4 is 11.1 Å². The van der Waals surface area contributed by atoms with E-state index in [0.717, 1.165) is 57.5 Å². The highest BCUT2D eigenvalue weighted by Gasteiger charge is 2.41. The number of rotatable bonds is 3. The molecule has 2 fully saturated rings. The second-order valence-corrected chi connectivity index (χ2v) is 7.54. The quantitative estimate of drug-likeness (QED) is 0.861. The minimum absolute atomic E-state index is 0.113. The first-order valence-corrected chi connectivity index (χ1v) is 9.27. The van der Waals surface area contributed by atoms with Crippen molar-refractivity contribution in [2.75, 3.05) is 31.5 Å². The predicted molar refractivity (Wildman–Crippen MR) is 98.0 cm³/mol. The summed E-state index contributed by atoms with van der Waals surface area (Å²) >= 11 is 5.95. The third-order valence-electron chi connectivity index (χ3n) is 5.39. The van der Waals surface area contributed by atoms with E-state index in [1.165, 1.54) is 6.07 Å². The summed E-state index contributed by atoms with van der Waals surface area (Å²) in [5, 5.41) is 3.71. The summed E-state index contributed by atoms with van der Waals surface area (Å²) in [5.41, 5.74) is 6.81. The van der Waals surface area contributed by atoms with Crippen LogP contribution >= 0.6 is 11.6 Å². The maximum Gasteiger partial charge on any atom is 0.219 e. The molecule has 0 bridgehead atoms. The average Bonchev–Trinajstić information content (AvgIpc) is 2.58. The SMILES string of the molecule is CC(=O)N1CCN(C2(Nc3ccc(F)c(Cl)c3)CCCC(N)C2)CC1. The van der Waals surface area contributed by atoms with Crippen LogP contribution in [0.15, 0.2) is 18.2 Å². The van der Waals surface area contributed by atoms with Gasteiger partial charge in [0.15, 0.2) is 0 Å². The van der Waals surface area contributed by atoms with Crippen LogP contribution in [-0.4, -0.2) is 53.6 Å². The van der Waals surface area contributed by atoms with Gasteiger partial charge < -0.3 is 16.0 Å². The molecule has 1 amide bonds. The van der Waals surface area contributed by atoms with Gasteiger partial charge in [-0.1, -0.05) is 11.6 Å². The third kappa shape index (κ3) is 4.07. The molecule has 1 saturated carbocycles. The Kier molecular flexibility index (Phi) is 5.51. The predicted octanol–water partition coefficient (Wildman–Crippen LogP) is 2.65. The van der Waals surface area contributed by atoms with Gasteiger partial charge in [-0.3, -0.25) is 9.69 Å². The summed E-state index contributed by atoms with van der Waals surface area (Å²) in [4.78, 5) is 15.9. The fourth-order valence-corrected chi connectivity index (χ4v) is 4.25. The van der Waals surface area contributed by atoms with Gasteiger partial charge in [0.1, 0.15) is 5.82 Å². The Balaban J connectivity index is 1.81. The summed E-state index contributed by atoms with van der Waals surface area (Å²) in [6, 6.07) is 4.86. The lowest BCUT2D eigenvalue weighted by Crippen LogP contribution is -2.63. The molecule has 0 spiro atoms. The van der Waals surface area contributed by atoms with E-state index in [2.05, 4.69) is 10.2 Å². The minimum Gasteiger partial charge on any atom is -0.367 e. The van der Waals surface area contributed by atoms with Gasteiger partial charge in [-0.05, 0) is 43.9 Å². The average molecular weight is 369 g/mol. The molecule has 1 aromatic rings. The maximum atomic E-state index is 13.5. The number of hydrogen-bond acceptors (Lipinski definition) is 4. The van der Waals surface area contributed by atoms with Crippen LogP contribution in [0.1, 0.15) is 32.6 Å². The van der Waals surface area contributed by atoms with E-state index in [4.69, 9.17) is 17.3 Å². The van der Waals surface area contributed by atoms with Crippen LogP contribution in [0, 0.1) is 5.82 Å². The highest BCUT2D eigenvalue weighted by atomic mass is 35.5. The highest BCUT2D eigenvalue weighted by molar-refractivity contribution is 6.31. The summed E-state index contributed by atoms with van der Waals surface area (Å²) in [7, 11) is 0. The van der Waals surface area contributed by atoms with Crippen molar-refractivity contribution in [3.8, 4) is 0 Å². The normalized spacial score (nSPS) is 28.0. The van der Waals surface area contributed by atoms with Gasteiger partial charge in [0.25, 0.3) is 0 Å². The number of amides is 1. The Morgan fingerprint density at radius 3 is 2.68 bits per heavy atom. The van der Waals surface area contributed by atoms with Crippen molar-refractivity contribution >= 4 is 23.2 Å². The van der Waals surface area contributed by atoms with Crippen LogP contribution in [0.2, 0.25) is 5.02 Å². The minimum atomic E-state index is -0.420. The maximum absolute atomic E-state index is 13.5. The van der Waals surface area contributed by atoms with Crippen LogP contribution in [0.25, 0.3) is 0 Å². The standard InChI is InChI=1S/C18H26ClFN4O/c1-13(25)23-7-9-24(10-8-23)18(6-2-3-14(21)12-18)22-15-4-5-17(20)16(19)11-15/h4-5,11,14,22H,2-3,6-10,12,21H2,1H3. The zero-order chi connectivity index (χ0) is 18.0. The molecule has 1 saturated heterocycles. The number of nitrogens with zero attached hydrogens (tertiary/aromatic N) is 2. The molecular weight excluding hydrogens is 343 g/mol. The molecular formula is C18H26ClFN4O. The first-order valence-electron chi connectivity index (χ1n) is 8.89. The van der Waals surface area contributed by atoms with Gasteiger partial charge in [-0.25, -0.2) is 4.39 Å². The Labute approximate surface area is 153 Å². The molecule has 7 heteroatoms. The Hall–Kier alpha value is -1.37. The fourth-order valence-electron chi connectivity index (χ4n) is 4.07. The van der Waals surface area contributed by atoms with Gasteiger partial charge in [-0.2, -0.15) is 0 Å². The summed E-state index contributed by atoms with van der Waals surface area (Å²) in [6.07, 6.45) is 3.84. The zero-order valence-electron chi connectivity index (χ0n) is 14.6. The Morgan fingerprint density at radius 2 is 2.08 bits per heavy atom. The number of halogens is 2. The lowest BCUT2D eigenvalue weighted by Gasteiger charge is -2.51. The zero-order valence-corrected chi connectivity index (χ0v) is 15.4. The lowest BCUT2D eigenvalue weighted by atomic mass is 9.83. The number of nitrogens with one attached hydrogen (secondary N) is 1. The van der Waals surface area contributed by atoms with Crippen molar-refractivity contribution < 1.29 is 9.18 Å². The molecule has 25 heavy (non-hydrogen) atoms. The fraction of sp³-hybridized carbons (Fsp3) is 0.611. The molecule has 0 aromatic heterocycles. The van der Waals surface area contributed by atoms with Gasteiger partial charge in [-0.15, -0.1) is 0 Å². The summed E-state index contributed by atoms with van der Waals surface area (Å²) < 4.78 is 13.5. The molecule has 138 valence electrons. The molecule has 1 aliphatic heterocycles. The van der Waals surface area contributed by atoms with E-state index in [9.17, 15) is 9.18 Å². The molecule has 1 aromatic carbocycles. The largest absolute Gasteiger partial charge is 0.367 e. The van der Waals surface area contributed by atoms with Crippen LogP contribution in [0.4, 0.5) is 10.1 Å². The van der Waals surface area contributed by atoms with Crippen molar-refractivity contribution in [3.05, 3.63) is 29.0 Å². The van der Waals surface area contributed by atoms with Crippen LogP contribution in [0.3, 0.4) is 0 Å². The van der Waals surface area contributed by atoms with Crippen molar-refractivity contribution in [2.45, 2.75) is 44.3 Å². The number of carbonyl (C=O) groups is 1. The van der Waals surface area contributed by atoms with E-state index >= 15 is 0 Å². The number of anilines is 1. The molecule has 2 aliphatic rings. The van der Waals surface area contributed by atoms with Crippen molar-refractivity contribution in [1.29, 1.82) is 0 Å². The van der Waals surface area contributed by atoms with Crippen molar-refractivity contribution in [1.82, 2.24) is 9.80 Å². The second kappa shape index (κ2) is 7.48. The van der Waals surface area contributed by atoms with E-state index in [1.54, 1.807) is 19.1 Å². The van der Waals surface area contributed by atoms with Gasteiger partial charge in [0, 0.05) is 44.8 Å². The number of carbonyl (C=O) groups excluding carboxylic acids is 1. The smallest absolute Gasteiger partial charge is 0.219 e. The monoisotopic (exact) mass is 368 g/mol. The van der Waals surface area contributed by atoms with E-state index in [1.807, 2.05) is 4.90 Å². The topological polar surface area (TPSA) is 61.6 Å². The molecule has 0 radical (unpaired) electrons. The van der Waals surface area contributed by atoms with E-state index in [0.29, 0.717) is 0 Å². The molecule has 2 atom stereocenters. The molecule has 1 aliphatic carbocycles. The molecule has 1 heterocycles. The second-order valence-electron chi connectivity index (χ2n) is 7.14. The number of benzene rings is 1. The highest BCUT2D eigenvalue weighted by Crippen LogP contribution is 2.35. The van der Waals surface area contributed by atoms with Crippen molar-refractivity contribution in [3.63, 3.8) is 0 Å². The number of piperazine rings is 1. The summed E-state index contributed by atoms with van der Waals surface area (Å²) in [6.45, 7) is 4.65. The van der Waals surface area contributed by atoms with Gasteiger partial charge >= 0.3 is 0 Å². The van der Waals surface area contributed by atoms with Crippen molar-refractivity contribution in [2.24, 2.45) is 5.73 Å². The molecule has 3 N–H and O–H groups in total. The van der Waals surface area contributed by atoms with Gasteiger partial charge in [0.05, 0.1) is 10.7 Å². The third-order valence-corrected chi connectivity index (χ3v) is 5.68. The first kappa shape index (κ1) is 18.4. The Morgan fingerprint density at radius 1 is 1.36 bits per heavy atom. The lowest BCUT2D eigenvalue weighted by molar-refractivity contribution is -0.131. The number of nitrogens with two attached hydrogens (primary N) is 1. The van der Waals surface area contributed by atoms with E-state index in [-0.39, 0.29) is 22.6 Å². The molecule has 2 unspecified atom stereocenters. The van der Waals surface area contributed by atoms with E-state index < -0.39 is 5.82 Å². The molecule has 5 nitrogen and oxygen atoms in total. The van der Waals surface area contributed by atoms with Crippen LogP contribution in [-0.2, 0) is 4.79 Å². The van der Waals surface area contributed by atoms with Crippen LogP contribution in [0.5, 0.6) is 0 Å². The molecule has 3 rings (SSSR count). The van der Waals surface area contributed by atoms with Gasteiger partial charge in [0.2, 0.25) is 5.91 Å². The summed E-state index contributed by atoms with van der Waals surface area (Å²) in [5.74, 6) is -0.302. The first-order chi connectivity index (χ1) is 11.9. The Bertz CT molecular complexity index is 636.